The quantitative estimate of drug-likeness (QED) is 0.725. The number of halogens is 1. The lowest BCUT2D eigenvalue weighted by molar-refractivity contribution is 0.182. The third kappa shape index (κ3) is 4.33. The second-order valence-electron chi connectivity index (χ2n) is 6.92. The van der Waals surface area contributed by atoms with Crippen LogP contribution >= 0.6 is 0 Å². The number of nitrogens with zero attached hydrogens (tertiary/aromatic N) is 4. The Morgan fingerprint density at radius 2 is 2.00 bits per heavy atom. The fourth-order valence-electron chi connectivity index (χ4n) is 3.40. The molecule has 0 saturated carbocycles. The number of hydrogen-bond donors (Lipinski definition) is 2. The van der Waals surface area contributed by atoms with Gasteiger partial charge in [0, 0.05) is 43.2 Å². The van der Waals surface area contributed by atoms with Crippen LogP contribution in [0.25, 0.3) is 11.4 Å². The van der Waals surface area contributed by atoms with Gasteiger partial charge in [-0.25, -0.2) is 14.2 Å². The Morgan fingerprint density at radius 3 is 2.75 bits per heavy atom. The highest BCUT2D eigenvalue weighted by Gasteiger charge is 2.24. The van der Waals surface area contributed by atoms with Crippen LogP contribution in [0.15, 0.2) is 48.8 Å². The molecule has 2 amide bonds. The third-order valence-corrected chi connectivity index (χ3v) is 4.93. The van der Waals surface area contributed by atoms with E-state index in [1.165, 1.54) is 12.1 Å². The summed E-state index contributed by atoms with van der Waals surface area (Å²) in [4.78, 5) is 22.7. The maximum Gasteiger partial charge on any atom is 0.321 e. The molecule has 2 aromatic heterocycles. The number of anilines is 1. The minimum atomic E-state index is -0.366. The number of carbonyl (C=O) groups excluding carboxylic acids is 1. The lowest BCUT2D eigenvalue weighted by Crippen LogP contribution is -2.41. The van der Waals surface area contributed by atoms with Crippen molar-refractivity contribution in [1.82, 2.24) is 25.1 Å². The summed E-state index contributed by atoms with van der Waals surface area (Å²) < 4.78 is 13.2. The molecule has 1 aliphatic rings. The highest BCUT2D eigenvalue weighted by molar-refractivity contribution is 5.89. The summed E-state index contributed by atoms with van der Waals surface area (Å²) in [5.74, 6) is 1.60. The maximum atomic E-state index is 13.2. The van der Waals surface area contributed by atoms with Crippen molar-refractivity contribution in [2.45, 2.75) is 19.3 Å². The molecule has 1 aliphatic heterocycles. The molecule has 1 saturated heterocycles. The molecule has 0 atom stereocenters. The van der Waals surface area contributed by atoms with Crippen LogP contribution in [0.2, 0.25) is 0 Å². The van der Waals surface area contributed by atoms with Crippen molar-refractivity contribution in [2.24, 2.45) is 5.92 Å². The zero-order valence-electron chi connectivity index (χ0n) is 15.3. The van der Waals surface area contributed by atoms with Crippen LogP contribution in [0.4, 0.5) is 14.9 Å². The van der Waals surface area contributed by atoms with Gasteiger partial charge in [-0.1, -0.05) is 6.07 Å². The number of pyridine rings is 1. The standard InChI is InChI=1S/C20H21FN6O/c21-16-2-1-3-17(13-16)23-20(28)27-10-6-14(7-11-27)12-18-24-19(26-25-18)15-4-8-22-9-5-15/h1-5,8-9,13-14H,6-7,10-12H2,(H,23,28)(H,24,25,26). The molecule has 3 heterocycles. The van der Waals surface area contributed by atoms with E-state index in [9.17, 15) is 9.18 Å². The molecule has 28 heavy (non-hydrogen) atoms. The summed E-state index contributed by atoms with van der Waals surface area (Å²) in [6, 6.07) is 9.49. The lowest BCUT2D eigenvalue weighted by Gasteiger charge is -2.31. The summed E-state index contributed by atoms with van der Waals surface area (Å²) in [6.45, 7) is 1.33. The van der Waals surface area contributed by atoms with Crippen molar-refractivity contribution in [1.29, 1.82) is 0 Å². The van der Waals surface area contributed by atoms with Crippen LogP contribution in [0.3, 0.4) is 0 Å². The van der Waals surface area contributed by atoms with Gasteiger partial charge in [-0.15, -0.1) is 0 Å². The van der Waals surface area contributed by atoms with E-state index in [-0.39, 0.29) is 11.8 Å². The van der Waals surface area contributed by atoms with E-state index < -0.39 is 0 Å². The van der Waals surface area contributed by atoms with Gasteiger partial charge < -0.3 is 10.2 Å². The Morgan fingerprint density at radius 1 is 1.21 bits per heavy atom. The minimum absolute atomic E-state index is 0.191. The van der Waals surface area contributed by atoms with Crippen LogP contribution in [0.5, 0.6) is 0 Å². The van der Waals surface area contributed by atoms with Crippen LogP contribution < -0.4 is 5.32 Å². The maximum absolute atomic E-state index is 13.2. The Labute approximate surface area is 162 Å². The molecule has 1 aromatic carbocycles. The normalized spacial score (nSPS) is 14.8. The second-order valence-corrected chi connectivity index (χ2v) is 6.92. The van der Waals surface area contributed by atoms with Crippen LogP contribution in [0.1, 0.15) is 18.7 Å². The highest BCUT2D eigenvalue weighted by atomic mass is 19.1. The number of nitrogens with one attached hydrogen (secondary N) is 2. The number of piperidine rings is 1. The molecule has 8 heteroatoms. The number of rotatable bonds is 4. The van der Waals surface area contributed by atoms with E-state index in [1.54, 1.807) is 29.4 Å². The van der Waals surface area contributed by atoms with Gasteiger partial charge >= 0.3 is 6.03 Å². The summed E-state index contributed by atoms with van der Waals surface area (Å²) in [5.41, 5.74) is 1.40. The predicted octanol–water partition coefficient (Wildman–Crippen LogP) is 3.49. The number of likely N-dealkylation sites (tertiary alicyclic amines) is 1. The molecular formula is C20H21FN6O. The molecule has 0 unspecified atom stereocenters. The van der Waals surface area contributed by atoms with Gasteiger partial charge in [-0.2, -0.15) is 5.10 Å². The number of aromatic amines is 1. The minimum Gasteiger partial charge on any atom is -0.325 e. The van der Waals surface area contributed by atoms with Crippen molar-refractivity contribution in [3.63, 3.8) is 0 Å². The Hall–Kier alpha value is -3.29. The number of H-pyrrole nitrogens is 1. The van der Waals surface area contributed by atoms with Crippen LogP contribution in [0, 0.1) is 11.7 Å². The SMILES string of the molecule is O=C(Nc1cccc(F)c1)N1CCC(Cc2nc(-c3ccncc3)n[nH]2)CC1. The summed E-state index contributed by atoms with van der Waals surface area (Å²) in [7, 11) is 0. The number of hydrogen-bond acceptors (Lipinski definition) is 4. The van der Waals surface area contributed by atoms with Gasteiger partial charge in [0.05, 0.1) is 0 Å². The first-order valence-corrected chi connectivity index (χ1v) is 9.30. The van der Waals surface area contributed by atoms with E-state index in [4.69, 9.17) is 0 Å². The summed E-state index contributed by atoms with van der Waals surface area (Å²) in [6.07, 6.45) is 6.02. The molecule has 0 radical (unpaired) electrons. The first kappa shape index (κ1) is 18.1. The van der Waals surface area contributed by atoms with E-state index in [1.807, 2.05) is 12.1 Å². The van der Waals surface area contributed by atoms with Gasteiger partial charge in [-0.05, 0) is 49.1 Å². The average Bonchev–Trinajstić information content (AvgIpc) is 3.18. The van der Waals surface area contributed by atoms with Gasteiger partial charge in [0.25, 0.3) is 0 Å². The van der Waals surface area contributed by atoms with E-state index >= 15 is 0 Å². The Kier molecular flexibility index (Phi) is 5.27. The number of urea groups is 1. The lowest BCUT2D eigenvalue weighted by atomic mass is 9.93. The van der Waals surface area contributed by atoms with Crippen molar-refractivity contribution < 1.29 is 9.18 Å². The average molecular weight is 380 g/mol. The number of carbonyl (C=O) groups is 1. The third-order valence-electron chi connectivity index (χ3n) is 4.93. The van der Waals surface area contributed by atoms with Crippen LogP contribution in [-0.4, -0.2) is 44.2 Å². The largest absolute Gasteiger partial charge is 0.325 e. The molecule has 0 aliphatic carbocycles. The number of amides is 2. The van der Waals surface area contributed by atoms with Gasteiger partial charge in [0.2, 0.25) is 0 Å². The predicted molar refractivity (Wildman–Crippen MR) is 103 cm³/mol. The van der Waals surface area contributed by atoms with Crippen molar-refractivity contribution in [2.75, 3.05) is 18.4 Å². The fourth-order valence-corrected chi connectivity index (χ4v) is 3.40. The molecule has 3 aromatic rings. The summed E-state index contributed by atoms with van der Waals surface area (Å²) >= 11 is 0. The number of aromatic nitrogens is 4. The smallest absolute Gasteiger partial charge is 0.321 e. The molecule has 144 valence electrons. The Bertz CT molecular complexity index is 937. The highest BCUT2D eigenvalue weighted by Crippen LogP contribution is 2.22. The van der Waals surface area contributed by atoms with Crippen LogP contribution in [-0.2, 0) is 6.42 Å². The van der Waals surface area contributed by atoms with E-state index in [2.05, 4.69) is 25.5 Å². The first-order valence-electron chi connectivity index (χ1n) is 9.30. The molecule has 0 spiro atoms. The molecule has 4 rings (SSSR count). The van der Waals surface area contributed by atoms with Crippen molar-refractivity contribution in [3.05, 3.63) is 60.4 Å². The molecule has 0 bridgehead atoms. The van der Waals surface area contributed by atoms with Gasteiger partial charge in [-0.3, -0.25) is 10.1 Å². The van der Waals surface area contributed by atoms with Gasteiger partial charge in [0.15, 0.2) is 5.82 Å². The fraction of sp³-hybridized carbons (Fsp3) is 0.300. The van der Waals surface area contributed by atoms with E-state index in [0.717, 1.165) is 30.7 Å². The number of benzene rings is 1. The zero-order valence-corrected chi connectivity index (χ0v) is 15.3. The van der Waals surface area contributed by atoms with Crippen molar-refractivity contribution >= 4 is 11.7 Å². The zero-order chi connectivity index (χ0) is 19.3. The topological polar surface area (TPSA) is 86.8 Å². The van der Waals surface area contributed by atoms with E-state index in [0.29, 0.717) is 30.5 Å². The monoisotopic (exact) mass is 380 g/mol. The molecule has 2 N–H and O–H groups in total. The second kappa shape index (κ2) is 8.16. The van der Waals surface area contributed by atoms with Gasteiger partial charge in [0.1, 0.15) is 11.6 Å². The molecular weight excluding hydrogens is 359 g/mol. The first-order chi connectivity index (χ1) is 13.7. The van der Waals surface area contributed by atoms with Crippen molar-refractivity contribution in [3.8, 4) is 11.4 Å². The summed E-state index contributed by atoms with van der Waals surface area (Å²) in [5, 5.41) is 10.0. The molecule has 7 nitrogen and oxygen atoms in total. The molecule has 1 fully saturated rings. The Balaban J connectivity index is 1.28.